The molecule has 0 unspecified atom stereocenters. The van der Waals surface area contributed by atoms with Gasteiger partial charge in [-0.15, -0.1) is 0 Å². The van der Waals surface area contributed by atoms with Gasteiger partial charge in [-0.05, 0) is 38.0 Å². The fourth-order valence-electron chi connectivity index (χ4n) is 2.27. The van der Waals surface area contributed by atoms with E-state index in [0.29, 0.717) is 16.3 Å². The van der Waals surface area contributed by atoms with Crippen LogP contribution in [0.2, 0.25) is 0 Å². The molecule has 0 aliphatic heterocycles. The van der Waals surface area contributed by atoms with Gasteiger partial charge >= 0.3 is 0 Å². The Labute approximate surface area is 140 Å². The summed E-state index contributed by atoms with van der Waals surface area (Å²) in [5.41, 5.74) is 5.42. The van der Waals surface area contributed by atoms with Gasteiger partial charge in [0.1, 0.15) is 23.1 Å². The molecular weight excluding hydrogens is 304 g/mol. The Hall–Kier alpha value is -2.64. The Bertz CT molecular complexity index is 889. The monoisotopic (exact) mass is 320 g/mol. The molecule has 0 spiro atoms. The Balaban J connectivity index is 2.00. The van der Waals surface area contributed by atoms with Crippen LogP contribution >= 0.6 is 11.5 Å². The van der Waals surface area contributed by atoms with Crippen molar-refractivity contribution in [2.45, 2.75) is 20.8 Å². The highest BCUT2D eigenvalue weighted by molar-refractivity contribution is 7.08. The van der Waals surface area contributed by atoms with Crippen LogP contribution in [0.15, 0.2) is 42.5 Å². The van der Waals surface area contributed by atoms with Crippen molar-refractivity contribution >= 4 is 11.5 Å². The van der Waals surface area contributed by atoms with E-state index in [4.69, 9.17) is 4.74 Å². The number of rotatable bonds is 3. The van der Waals surface area contributed by atoms with Gasteiger partial charge in [0, 0.05) is 17.1 Å². The summed E-state index contributed by atoms with van der Waals surface area (Å²) >= 11 is 1.21. The van der Waals surface area contributed by atoms with Crippen molar-refractivity contribution in [3.05, 3.63) is 64.7 Å². The topological polar surface area (TPSA) is 45.9 Å². The molecule has 3 aromatic rings. The Morgan fingerprint density at radius 1 is 1.00 bits per heavy atom. The standard InChI is InChI=1S/C19H16N2OS/c1-12-5-8-15(9-6-12)18-16(11-20)19(23-21-18)22-17-10-13(2)4-7-14(17)3/h4-10H,1-3H3. The number of hydrogen-bond acceptors (Lipinski definition) is 4. The summed E-state index contributed by atoms with van der Waals surface area (Å²) in [6, 6.07) is 16.2. The van der Waals surface area contributed by atoms with Crippen LogP contribution < -0.4 is 4.74 Å². The molecule has 23 heavy (non-hydrogen) atoms. The lowest BCUT2D eigenvalue weighted by Gasteiger charge is -2.07. The first-order valence-corrected chi connectivity index (χ1v) is 8.07. The number of hydrogen-bond donors (Lipinski definition) is 0. The second kappa shape index (κ2) is 6.23. The van der Waals surface area contributed by atoms with Crippen molar-refractivity contribution in [1.82, 2.24) is 4.37 Å². The first kappa shape index (κ1) is 15.3. The van der Waals surface area contributed by atoms with Crippen LogP contribution in [0, 0.1) is 32.1 Å². The minimum absolute atomic E-state index is 0.486. The van der Waals surface area contributed by atoms with E-state index in [0.717, 1.165) is 22.4 Å². The van der Waals surface area contributed by atoms with Gasteiger partial charge in [-0.2, -0.15) is 9.64 Å². The average Bonchev–Trinajstić information content (AvgIpc) is 2.94. The molecule has 0 radical (unpaired) electrons. The lowest BCUT2D eigenvalue weighted by Crippen LogP contribution is -1.89. The highest BCUT2D eigenvalue weighted by Gasteiger charge is 2.17. The molecule has 0 fully saturated rings. The van der Waals surface area contributed by atoms with Gasteiger partial charge in [0.25, 0.3) is 0 Å². The van der Waals surface area contributed by atoms with Crippen LogP contribution in [0.5, 0.6) is 10.8 Å². The SMILES string of the molecule is Cc1ccc(-c2nsc(Oc3cc(C)ccc3C)c2C#N)cc1. The molecule has 4 heteroatoms. The van der Waals surface area contributed by atoms with Gasteiger partial charge in [-0.3, -0.25) is 0 Å². The first-order chi connectivity index (χ1) is 11.1. The maximum Gasteiger partial charge on any atom is 0.218 e. The number of aryl methyl sites for hydroxylation is 3. The van der Waals surface area contributed by atoms with E-state index in [1.165, 1.54) is 17.1 Å². The molecule has 3 rings (SSSR count). The number of nitriles is 1. The third-order valence-electron chi connectivity index (χ3n) is 3.64. The molecule has 0 N–H and O–H groups in total. The number of nitrogens with zero attached hydrogens (tertiary/aromatic N) is 2. The van der Waals surface area contributed by atoms with Crippen LogP contribution in [-0.2, 0) is 0 Å². The van der Waals surface area contributed by atoms with Crippen molar-refractivity contribution in [1.29, 1.82) is 5.26 Å². The van der Waals surface area contributed by atoms with Crippen molar-refractivity contribution < 1.29 is 4.74 Å². The number of ether oxygens (including phenoxy) is 1. The summed E-state index contributed by atoms with van der Waals surface area (Å²) in [4.78, 5) is 0. The van der Waals surface area contributed by atoms with Gasteiger partial charge < -0.3 is 4.74 Å². The van der Waals surface area contributed by atoms with Gasteiger partial charge in [0.05, 0.1) is 0 Å². The Morgan fingerprint density at radius 3 is 2.39 bits per heavy atom. The quantitative estimate of drug-likeness (QED) is 0.649. The predicted molar refractivity (Wildman–Crippen MR) is 93.0 cm³/mol. The van der Waals surface area contributed by atoms with E-state index in [2.05, 4.69) is 10.4 Å². The van der Waals surface area contributed by atoms with Crippen LogP contribution in [0.1, 0.15) is 22.3 Å². The average molecular weight is 320 g/mol. The lowest BCUT2D eigenvalue weighted by atomic mass is 10.1. The van der Waals surface area contributed by atoms with Crippen LogP contribution in [0.4, 0.5) is 0 Å². The van der Waals surface area contributed by atoms with Gasteiger partial charge in [-0.25, -0.2) is 0 Å². The molecule has 0 atom stereocenters. The van der Waals surface area contributed by atoms with E-state index in [-0.39, 0.29) is 0 Å². The molecule has 3 nitrogen and oxygen atoms in total. The summed E-state index contributed by atoms with van der Waals surface area (Å²) in [6.07, 6.45) is 0. The summed E-state index contributed by atoms with van der Waals surface area (Å²) in [5.74, 6) is 0.764. The van der Waals surface area contributed by atoms with Crippen LogP contribution in [0.3, 0.4) is 0 Å². The van der Waals surface area contributed by atoms with Crippen molar-refractivity contribution in [3.63, 3.8) is 0 Å². The molecule has 0 aliphatic rings. The second-order valence-corrected chi connectivity index (χ2v) is 6.28. The zero-order valence-electron chi connectivity index (χ0n) is 13.3. The largest absolute Gasteiger partial charge is 0.443 e. The molecule has 1 aromatic heterocycles. The molecular formula is C19H16N2OS. The zero-order chi connectivity index (χ0) is 16.4. The van der Waals surface area contributed by atoms with Crippen LogP contribution in [0.25, 0.3) is 11.3 Å². The molecule has 0 saturated carbocycles. The highest BCUT2D eigenvalue weighted by atomic mass is 32.1. The summed E-state index contributed by atoms with van der Waals surface area (Å²) < 4.78 is 10.4. The molecule has 0 amide bonds. The smallest absolute Gasteiger partial charge is 0.218 e. The van der Waals surface area contributed by atoms with Gasteiger partial charge in [0.2, 0.25) is 5.06 Å². The molecule has 2 aromatic carbocycles. The van der Waals surface area contributed by atoms with Crippen molar-refractivity contribution in [2.75, 3.05) is 0 Å². The van der Waals surface area contributed by atoms with Crippen molar-refractivity contribution in [3.8, 4) is 28.1 Å². The predicted octanol–water partition coefficient (Wildman–Crippen LogP) is 5.40. The molecule has 0 saturated heterocycles. The fourth-order valence-corrected chi connectivity index (χ4v) is 3.00. The van der Waals surface area contributed by atoms with Crippen LogP contribution in [-0.4, -0.2) is 4.37 Å². The fraction of sp³-hybridized carbons (Fsp3) is 0.158. The van der Waals surface area contributed by atoms with E-state index in [1.54, 1.807) is 0 Å². The van der Waals surface area contributed by atoms with Crippen molar-refractivity contribution in [2.24, 2.45) is 0 Å². The van der Waals surface area contributed by atoms with E-state index in [9.17, 15) is 5.26 Å². The van der Waals surface area contributed by atoms with E-state index in [1.807, 2.05) is 63.2 Å². The zero-order valence-corrected chi connectivity index (χ0v) is 14.1. The summed E-state index contributed by atoms with van der Waals surface area (Å²) in [7, 11) is 0. The lowest BCUT2D eigenvalue weighted by molar-refractivity contribution is 0.491. The minimum Gasteiger partial charge on any atom is -0.443 e. The second-order valence-electron chi connectivity index (χ2n) is 5.54. The molecule has 1 heterocycles. The number of benzene rings is 2. The van der Waals surface area contributed by atoms with E-state index < -0.39 is 0 Å². The number of aromatic nitrogens is 1. The Kier molecular flexibility index (Phi) is 4.14. The molecule has 0 bridgehead atoms. The van der Waals surface area contributed by atoms with Gasteiger partial charge in [0.15, 0.2) is 0 Å². The third kappa shape index (κ3) is 3.10. The van der Waals surface area contributed by atoms with Gasteiger partial charge in [-0.1, -0.05) is 42.0 Å². The third-order valence-corrected chi connectivity index (χ3v) is 4.37. The molecule has 0 aliphatic carbocycles. The summed E-state index contributed by atoms with van der Waals surface area (Å²) in [6.45, 7) is 6.04. The highest BCUT2D eigenvalue weighted by Crippen LogP contribution is 2.37. The minimum atomic E-state index is 0.486. The van der Waals surface area contributed by atoms with E-state index >= 15 is 0 Å². The maximum atomic E-state index is 9.54. The molecule has 114 valence electrons. The maximum absolute atomic E-state index is 9.54. The summed E-state index contributed by atoms with van der Waals surface area (Å²) in [5, 5.41) is 10.1. The first-order valence-electron chi connectivity index (χ1n) is 7.30. The normalized spacial score (nSPS) is 10.3. The Morgan fingerprint density at radius 2 is 1.70 bits per heavy atom.